The normalized spacial score (nSPS) is 10.8. The Balaban J connectivity index is 1.58. The lowest BCUT2D eigenvalue weighted by molar-refractivity contribution is 0.0916. The van der Waals surface area contributed by atoms with Crippen LogP contribution in [0.15, 0.2) is 65.6 Å². The quantitative estimate of drug-likeness (QED) is 0.531. The van der Waals surface area contributed by atoms with Crippen molar-refractivity contribution >= 4 is 29.5 Å². The second-order valence-corrected chi connectivity index (χ2v) is 5.89. The van der Waals surface area contributed by atoms with Crippen LogP contribution in [0.5, 0.6) is 5.75 Å². The van der Waals surface area contributed by atoms with E-state index in [0.717, 1.165) is 11.1 Å². The van der Waals surface area contributed by atoms with Crippen LogP contribution in [0.25, 0.3) is 12.2 Å². The van der Waals surface area contributed by atoms with Gasteiger partial charge in [-0.3, -0.25) is 4.79 Å². The van der Waals surface area contributed by atoms with E-state index in [1.165, 1.54) is 12.3 Å². The Bertz CT molecular complexity index is 977. The molecule has 0 aliphatic heterocycles. The molecular weight excluding hydrogens is 352 g/mol. The zero-order chi connectivity index (χ0) is 18.4. The van der Waals surface area contributed by atoms with Crippen LogP contribution in [0.4, 0.5) is 0 Å². The summed E-state index contributed by atoms with van der Waals surface area (Å²) in [6.45, 7) is -0.167. The van der Waals surface area contributed by atoms with Crippen molar-refractivity contribution in [2.75, 3.05) is 6.61 Å². The number of aromatic amines is 1. The van der Waals surface area contributed by atoms with E-state index in [1.807, 2.05) is 48.6 Å². The van der Waals surface area contributed by atoms with E-state index >= 15 is 0 Å². The van der Waals surface area contributed by atoms with Gasteiger partial charge >= 0.3 is 5.69 Å². The highest BCUT2D eigenvalue weighted by atomic mass is 35.5. The molecule has 2 aromatic carbocycles. The Morgan fingerprint density at radius 1 is 1.00 bits per heavy atom. The van der Waals surface area contributed by atoms with Crippen LogP contribution in [0.3, 0.4) is 0 Å². The Labute approximate surface area is 154 Å². The highest BCUT2D eigenvalue weighted by molar-refractivity contribution is 6.30. The molecule has 0 aliphatic rings. The summed E-state index contributed by atoms with van der Waals surface area (Å²) in [5, 5.41) is 0.703. The molecular formula is C20H15ClN2O3. The van der Waals surface area contributed by atoms with Gasteiger partial charge in [-0.2, -0.15) is 0 Å². The molecule has 130 valence electrons. The number of ether oxygens (including phenoxy) is 1. The van der Waals surface area contributed by atoms with Gasteiger partial charge in [0, 0.05) is 11.2 Å². The third-order valence-corrected chi connectivity index (χ3v) is 3.82. The first-order chi connectivity index (χ1) is 12.6. The summed E-state index contributed by atoms with van der Waals surface area (Å²) >= 11 is 5.86. The molecule has 0 fully saturated rings. The summed E-state index contributed by atoms with van der Waals surface area (Å²) in [6.07, 6.45) is 5.24. The fourth-order valence-electron chi connectivity index (χ4n) is 2.20. The molecule has 0 bridgehead atoms. The van der Waals surface area contributed by atoms with Crippen molar-refractivity contribution in [3.05, 3.63) is 93.1 Å². The summed E-state index contributed by atoms with van der Waals surface area (Å²) in [6, 6.07) is 16.3. The van der Waals surface area contributed by atoms with Crippen molar-refractivity contribution in [3.63, 3.8) is 0 Å². The van der Waals surface area contributed by atoms with Gasteiger partial charge in [-0.25, -0.2) is 9.78 Å². The number of rotatable bonds is 6. The summed E-state index contributed by atoms with van der Waals surface area (Å²) in [4.78, 5) is 28.9. The van der Waals surface area contributed by atoms with Gasteiger partial charge in [0.15, 0.2) is 6.61 Å². The maximum atomic E-state index is 12.0. The third kappa shape index (κ3) is 4.91. The van der Waals surface area contributed by atoms with Crippen molar-refractivity contribution in [1.29, 1.82) is 0 Å². The van der Waals surface area contributed by atoms with E-state index < -0.39 is 5.69 Å². The van der Waals surface area contributed by atoms with Gasteiger partial charge < -0.3 is 9.72 Å². The van der Waals surface area contributed by atoms with Crippen molar-refractivity contribution in [3.8, 4) is 5.75 Å². The molecule has 6 heteroatoms. The first-order valence-corrected chi connectivity index (χ1v) is 8.23. The van der Waals surface area contributed by atoms with Crippen LogP contribution in [0, 0.1) is 0 Å². The zero-order valence-corrected chi connectivity index (χ0v) is 14.4. The number of halogens is 1. The van der Waals surface area contributed by atoms with Crippen LogP contribution in [-0.4, -0.2) is 22.4 Å². The molecule has 0 spiro atoms. The molecule has 1 aromatic heterocycles. The summed E-state index contributed by atoms with van der Waals surface area (Å²) in [5.41, 5.74) is 1.66. The standard InChI is InChI=1S/C20H15ClN2O3/c21-16-7-3-14(4-8-16)1-2-15-5-9-17(10-6-15)26-13-19(24)18-11-12-22-20(25)23-18/h1-12H,13H2,(H,22,23,25)/b2-1+. The average molecular weight is 367 g/mol. The predicted molar refractivity (Wildman–Crippen MR) is 102 cm³/mol. The molecule has 3 rings (SSSR count). The number of aromatic nitrogens is 2. The predicted octanol–water partition coefficient (Wildman–Crippen LogP) is 3.86. The van der Waals surface area contributed by atoms with Crippen LogP contribution in [0.1, 0.15) is 21.6 Å². The number of Topliss-reactive ketones (excluding diaryl/α,β-unsaturated/α-hetero) is 1. The van der Waals surface area contributed by atoms with E-state index in [1.54, 1.807) is 12.1 Å². The Hall–Kier alpha value is -3.18. The number of carbonyl (C=O) groups is 1. The highest BCUT2D eigenvalue weighted by Gasteiger charge is 2.07. The van der Waals surface area contributed by atoms with Gasteiger partial charge in [0.2, 0.25) is 5.78 Å². The Morgan fingerprint density at radius 2 is 1.62 bits per heavy atom. The van der Waals surface area contributed by atoms with Gasteiger partial charge in [-0.1, -0.05) is 48.0 Å². The van der Waals surface area contributed by atoms with Gasteiger partial charge in [-0.15, -0.1) is 0 Å². The van der Waals surface area contributed by atoms with Gasteiger partial charge in [0.25, 0.3) is 0 Å². The van der Waals surface area contributed by atoms with Gasteiger partial charge in [0.05, 0.1) is 5.69 Å². The fraction of sp³-hybridized carbons (Fsp3) is 0.0500. The molecule has 0 atom stereocenters. The number of hydrogen-bond donors (Lipinski definition) is 1. The molecule has 0 amide bonds. The minimum Gasteiger partial charge on any atom is -0.485 e. The van der Waals surface area contributed by atoms with Crippen LogP contribution in [-0.2, 0) is 0 Å². The average Bonchev–Trinajstić information content (AvgIpc) is 2.66. The molecule has 1 N–H and O–H groups in total. The van der Waals surface area contributed by atoms with E-state index in [2.05, 4.69) is 9.97 Å². The number of hydrogen-bond acceptors (Lipinski definition) is 4. The van der Waals surface area contributed by atoms with Gasteiger partial charge in [0.1, 0.15) is 5.75 Å². The lowest BCUT2D eigenvalue weighted by Gasteiger charge is -2.05. The molecule has 0 unspecified atom stereocenters. The minimum atomic E-state index is -0.562. The van der Waals surface area contributed by atoms with Gasteiger partial charge in [-0.05, 0) is 41.5 Å². The molecule has 0 saturated heterocycles. The summed E-state index contributed by atoms with van der Waals surface area (Å²) in [7, 11) is 0. The zero-order valence-electron chi connectivity index (χ0n) is 13.7. The molecule has 0 radical (unpaired) electrons. The van der Waals surface area contributed by atoms with Crippen molar-refractivity contribution < 1.29 is 9.53 Å². The molecule has 0 saturated carbocycles. The number of H-pyrrole nitrogens is 1. The monoisotopic (exact) mass is 366 g/mol. The van der Waals surface area contributed by atoms with Crippen molar-refractivity contribution in [2.45, 2.75) is 0 Å². The Morgan fingerprint density at radius 3 is 2.23 bits per heavy atom. The first-order valence-electron chi connectivity index (χ1n) is 7.85. The number of ketones is 1. The SMILES string of the molecule is O=C(COc1ccc(/C=C/c2ccc(Cl)cc2)cc1)c1ccnc(=O)[nH]1. The smallest absolute Gasteiger partial charge is 0.345 e. The van der Waals surface area contributed by atoms with E-state index in [0.29, 0.717) is 10.8 Å². The minimum absolute atomic E-state index is 0.167. The highest BCUT2D eigenvalue weighted by Crippen LogP contribution is 2.16. The largest absolute Gasteiger partial charge is 0.485 e. The molecule has 5 nitrogen and oxygen atoms in total. The maximum Gasteiger partial charge on any atom is 0.345 e. The molecule has 26 heavy (non-hydrogen) atoms. The van der Waals surface area contributed by atoms with E-state index in [-0.39, 0.29) is 18.1 Å². The topological polar surface area (TPSA) is 72.0 Å². The van der Waals surface area contributed by atoms with Crippen molar-refractivity contribution in [1.82, 2.24) is 9.97 Å². The van der Waals surface area contributed by atoms with Crippen LogP contribution < -0.4 is 10.4 Å². The Kier molecular flexibility index (Phi) is 5.61. The number of nitrogens with zero attached hydrogens (tertiary/aromatic N) is 1. The van der Waals surface area contributed by atoms with Crippen LogP contribution in [0.2, 0.25) is 5.02 Å². The maximum absolute atomic E-state index is 12.0. The molecule has 0 aliphatic carbocycles. The van der Waals surface area contributed by atoms with Crippen molar-refractivity contribution in [2.24, 2.45) is 0 Å². The van der Waals surface area contributed by atoms with E-state index in [4.69, 9.17) is 16.3 Å². The summed E-state index contributed by atoms with van der Waals surface area (Å²) in [5.74, 6) is 0.245. The number of nitrogens with one attached hydrogen (secondary N) is 1. The fourth-order valence-corrected chi connectivity index (χ4v) is 2.33. The third-order valence-electron chi connectivity index (χ3n) is 3.56. The lowest BCUT2D eigenvalue weighted by Crippen LogP contribution is -2.19. The molecule has 3 aromatic rings. The second kappa shape index (κ2) is 8.27. The summed E-state index contributed by atoms with van der Waals surface area (Å²) < 4.78 is 5.46. The number of carbonyl (C=O) groups excluding carboxylic acids is 1. The second-order valence-electron chi connectivity index (χ2n) is 5.45. The van der Waals surface area contributed by atoms with Crippen LogP contribution >= 0.6 is 11.6 Å². The molecule has 1 heterocycles. The number of benzene rings is 2. The van der Waals surface area contributed by atoms with E-state index in [9.17, 15) is 9.59 Å². The first kappa shape index (κ1) is 17.6. The lowest BCUT2D eigenvalue weighted by atomic mass is 10.1.